The average molecular weight is 386 g/mol. The Balaban J connectivity index is 1.87. The van der Waals surface area contributed by atoms with Crippen LogP contribution in [0, 0.1) is 6.92 Å². The number of carbonyl (C=O) groups excluding carboxylic acids is 2. The summed E-state index contributed by atoms with van der Waals surface area (Å²) < 4.78 is 11.4. The molecule has 0 saturated carbocycles. The number of nitrogens with zero attached hydrogens (tertiary/aromatic N) is 2. The molecular weight excluding hydrogens is 360 g/mol. The Hall–Kier alpha value is -2.83. The van der Waals surface area contributed by atoms with Crippen LogP contribution in [0.5, 0.6) is 5.75 Å². The van der Waals surface area contributed by atoms with Crippen LogP contribution >= 0.6 is 0 Å². The van der Waals surface area contributed by atoms with E-state index in [0.717, 1.165) is 11.1 Å². The third-order valence-corrected chi connectivity index (χ3v) is 5.08. The van der Waals surface area contributed by atoms with E-state index >= 15 is 0 Å². The number of likely N-dealkylation sites (N-methyl/N-ethyl adjacent to an activating group) is 1. The normalized spacial score (nSPS) is 15.8. The number of carbonyl (C=O) groups is 2. The lowest BCUT2D eigenvalue weighted by molar-refractivity contribution is -0.148. The van der Waals surface area contributed by atoms with Crippen molar-refractivity contribution in [1.82, 2.24) is 9.80 Å². The number of ether oxygens (including phenoxy) is 1. The van der Waals surface area contributed by atoms with Crippen molar-refractivity contribution in [2.45, 2.75) is 40.2 Å². The van der Waals surface area contributed by atoms with Crippen molar-refractivity contribution in [2.24, 2.45) is 0 Å². The van der Waals surface area contributed by atoms with Crippen molar-refractivity contribution in [1.29, 1.82) is 0 Å². The zero-order chi connectivity index (χ0) is 20.4. The van der Waals surface area contributed by atoms with Crippen LogP contribution in [0.1, 0.15) is 31.9 Å². The maximum atomic E-state index is 12.8. The van der Waals surface area contributed by atoms with Crippen molar-refractivity contribution in [2.75, 3.05) is 26.2 Å². The molecule has 1 aliphatic heterocycles. The first-order valence-corrected chi connectivity index (χ1v) is 9.64. The molecule has 1 fully saturated rings. The molecule has 1 aromatic carbocycles. The minimum Gasteiger partial charge on any atom is -0.480 e. The van der Waals surface area contributed by atoms with Crippen LogP contribution in [-0.4, -0.2) is 53.9 Å². The summed E-state index contributed by atoms with van der Waals surface area (Å²) in [5.41, 5.74) is 1.72. The fourth-order valence-electron chi connectivity index (χ4n) is 3.57. The maximum absolute atomic E-state index is 12.8. The van der Waals surface area contributed by atoms with Gasteiger partial charge in [-0.15, -0.1) is 0 Å². The number of amides is 2. The summed E-state index contributed by atoms with van der Waals surface area (Å²) >= 11 is 0. The molecule has 1 aliphatic rings. The number of benzene rings is 1. The second kappa shape index (κ2) is 8.04. The van der Waals surface area contributed by atoms with Crippen molar-refractivity contribution in [3.05, 3.63) is 39.7 Å². The highest BCUT2D eigenvalue weighted by Crippen LogP contribution is 2.31. The summed E-state index contributed by atoms with van der Waals surface area (Å²) in [4.78, 5) is 40.0. The van der Waals surface area contributed by atoms with Gasteiger partial charge >= 0.3 is 5.63 Å². The largest absolute Gasteiger partial charge is 0.480 e. The van der Waals surface area contributed by atoms with Crippen molar-refractivity contribution in [3.63, 3.8) is 0 Å². The quantitative estimate of drug-likeness (QED) is 0.736. The van der Waals surface area contributed by atoms with Gasteiger partial charge in [-0.1, -0.05) is 6.92 Å². The molecular formula is C21H26N2O5. The molecule has 0 radical (unpaired) electrons. The number of piperazine rings is 1. The maximum Gasteiger partial charge on any atom is 0.336 e. The van der Waals surface area contributed by atoms with Gasteiger partial charge in [0.2, 0.25) is 5.91 Å². The Bertz CT molecular complexity index is 965. The summed E-state index contributed by atoms with van der Waals surface area (Å²) in [5.74, 6) is 0.231. The van der Waals surface area contributed by atoms with Gasteiger partial charge in [0.05, 0.1) is 11.9 Å². The Kier molecular flexibility index (Phi) is 5.72. The van der Waals surface area contributed by atoms with E-state index in [1.807, 2.05) is 26.8 Å². The fraction of sp³-hybridized carbons (Fsp3) is 0.476. The minimum absolute atomic E-state index is 0.0506. The standard InChI is InChI=1S/C21H26N2O5/c1-5-15-11-19(25)28-17-10-13(3)9-16(20(15)17)27-14(4)21(26)23-8-7-22(6-2)18(24)12-23/h9-11,14H,5-8,12H2,1-4H3. The molecule has 0 bridgehead atoms. The lowest BCUT2D eigenvalue weighted by atomic mass is 10.0. The first-order chi connectivity index (χ1) is 13.3. The van der Waals surface area contributed by atoms with Gasteiger partial charge in [-0.05, 0) is 50.5 Å². The SMILES string of the molecule is CCc1cc(=O)oc2cc(C)cc(OC(C)C(=O)N3CCN(CC)C(=O)C3)c12. The van der Waals surface area contributed by atoms with Gasteiger partial charge < -0.3 is 19.0 Å². The highest BCUT2D eigenvalue weighted by molar-refractivity contribution is 5.90. The molecule has 3 rings (SSSR count). The molecule has 7 heteroatoms. The van der Waals surface area contributed by atoms with Crippen molar-refractivity contribution < 1.29 is 18.7 Å². The monoisotopic (exact) mass is 386 g/mol. The zero-order valence-corrected chi connectivity index (χ0v) is 16.8. The Morgan fingerprint density at radius 1 is 1.21 bits per heavy atom. The van der Waals surface area contributed by atoms with E-state index in [0.29, 0.717) is 42.8 Å². The molecule has 1 unspecified atom stereocenters. The first kappa shape index (κ1) is 19.9. The van der Waals surface area contributed by atoms with E-state index in [4.69, 9.17) is 9.15 Å². The summed E-state index contributed by atoms with van der Waals surface area (Å²) in [5, 5.41) is 0.708. The van der Waals surface area contributed by atoms with Crippen LogP contribution in [0.4, 0.5) is 0 Å². The highest BCUT2D eigenvalue weighted by atomic mass is 16.5. The lowest BCUT2D eigenvalue weighted by Crippen LogP contribution is -2.54. The third-order valence-electron chi connectivity index (χ3n) is 5.08. The van der Waals surface area contributed by atoms with Gasteiger partial charge in [0.15, 0.2) is 6.10 Å². The molecule has 1 aromatic heterocycles. The van der Waals surface area contributed by atoms with E-state index in [2.05, 4.69) is 0 Å². The van der Waals surface area contributed by atoms with E-state index in [9.17, 15) is 14.4 Å². The smallest absolute Gasteiger partial charge is 0.336 e. The predicted octanol–water partition coefficient (Wildman–Crippen LogP) is 2.12. The molecule has 2 amide bonds. The van der Waals surface area contributed by atoms with Crippen LogP contribution < -0.4 is 10.4 Å². The number of fused-ring (bicyclic) bond motifs is 1. The predicted molar refractivity (Wildman–Crippen MR) is 106 cm³/mol. The second-order valence-corrected chi connectivity index (χ2v) is 7.07. The van der Waals surface area contributed by atoms with Crippen LogP contribution in [0.2, 0.25) is 0 Å². The van der Waals surface area contributed by atoms with E-state index in [1.165, 1.54) is 11.0 Å². The molecule has 0 spiro atoms. The molecule has 0 aliphatic carbocycles. The van der Waals surface area contributed by atoms with E-state index in [1.54, 1.807) is 17.9 Å². The zero-order valence-electron chi connectivity index (χ0n) is 16.8. The molecule has 0 N–H and O–H groups in total. The van der Waals surface area contributed by atoms with Gasteiger partial charge in [0, 0.05) is 25.7 Å². The summed E-state index contributed by atoms with van der Waals surface area (Å²) in [6.07, 6.45) is -0.125. The average Bonchev–Trinajstić information content (AvgIpc) is 2.65. The summed E-state index contributed by atoms with van der Waals surface area (Å²) in [6.45, 7) is 9.18. The van der Waals surface area contributed by atoms with Crippen molar-refractivity contribution in [3.8, 4) is 5.75 Å². The van der Waals surface area contributed by atoms with E-state index < -0.39 is 11.7 Å². The summed E-state index contributed by atoms with van der Waals surface area (Å²) in [7, 11) is 0. The van der Waals surface area contributed by atoms with Crippen LogP contribution in [0.25, 0.3) is 11.0 Å². The van der Waals surface area contributed by atoms with Crippen LogP contribution in [0.15, 0.2) is 27.4 Å². The molecule has 1 saturated heterocycles. The van der Waals surface area contributed by atoms with Gasteiger partial charge in [-0.25, -0.2) is 4.79 Å². The summed E-state index contributed by atoms with van der Waals surface area (Å²) in [6, 6.07) is 5.09. The van der Waals surface area contributed by atoms with E-state index in [-0.39, 0.29) is 18.4 Å². The molecule has 7 nitrogen and oxygen atoms in total. The number of rotatable bonds is 5. The van der Waals surface area contributed by atoms with Gasteiger partial charge in [0.1, 0.15) is 11.3 Å². The minimum atomic E-state index is -0.761. The number of hydrogen-bond donors (Lipinski definition) is 0. The molecule has 28 heavy (non-hydrogen) atoms. The van der Waals surface area contributed by atoms with Gasteiger partial charge in [0.25, 0.3) is 5.91 Å². The molecule has 1 atom stereocenters. The number of aryl methyl sites for hydroxylation is 2. The third kappa shape index (κ3) is 3.88. The molecule has 150 valence electrons. The van der Waals surface area contributed by atoms with Crippen molar-refractivity contribution >= 4 is 22.8 Å². The molecule has 2 heterocycles. The highest BCUT2D eigenvalue weighted by Gasteiger charge is 2.30. The Morgan fingerprint density at radius 2 is 1.96 bits per heavy atom. The number of hydrogen-bond acceptors (Lipinski definition) is 5. The van der Waals surface area contributed by atoms with Crippen LogP contribution in [0.3, 0.4) is 0 Å². The Morgan fingerprint density at radius 3 is 2.61 bits per heavy atom. The van der Waals surface area contributed by atoms with Gasteiger partial charge in [-0.3, -0.25) is 9.59 Å². The lowest BCUT2D eigenvalue weighted by Gasteiger charge is -2.34. The van der Waals surface area contributed by atoms with Crippen LogP contribution in [-0.2, 0) is 16.0 Å². The first-order valence-electron chi connectivity index (χ1n) is 9.64. The second-order valence-electron chi connectivity index (χ2n) is 7.07. The van der Waals surface area contributed by atoms with Gasteiger partial charge in [-0.2, -0.15) is 0 Å². The molecule has 2 aromatic rings. The topological polar surface area (TPSA) is 80.1 Å². The Labute approximate surface area is 163 Å². The fourth-order valence-corrected chi connectivity index (χ4v) is 3.57.